The third-order valence-corrected chi connectivity index (χ3v) is 4.00. The monoisotopic (exact) mass is 310 g/mol. The molecule has 1 unspecified atom stereocenters. The van der Waals surface area contributed by atoms with Crippen molar-refractivity contribution < 1.29 is 4.79 Å². The van der Waals surface area contributed by atoms with Crippen LogP contribution in [0.3, 0.4) is 0 Å². The molecule has 0 aliphatic rings. The van der Waals surface area contributed by atoms with Crippen molar-refractivity contribution >= 4 is 11.6 Å². The van der Waals surface area contributed by atoms with Crippen molar-refractivity contribution in [3.63, 3.8) is 0 Å². The van der Waals surface area contributed by atoms with Crippen molar-refractivity contribution in [1.82, 2.24) is 5.32 Å². The Hall–Kier alpha value is -2.29. The Morgan fingerprint density at radius 1 is 1.09 bits per heavy atom. The van der Waals surface area contributed by atoms with Crippen LogP contribution in [-0.2, 0) is 17.6 Å². The van der Waals surface area contributed by atoms with Gasteiger partial charge in [0.2, 0.25) is 5.91 Å². The lowest BCUT2D eigenvalue weighted by Crippen LogP contribution is -2.36. The molecule has 0 saturated heterocycles. The summed E-state index contributed by atoms with van der Waals surface area (Å²) in [5, 5.41) is 3.18. The summed E-state index contributed by atoms with van der Waals surface area (Å²) in [5.41, 5.74) is 8.99. The number of rotatable bonds is 8. The Balaban J connectivity index is 1.86. The Bertz CT molecular complexity index is 610. The minimum Gasteiger partial charge on any atom is -0.399 e. The van der Waals surface area contributed by atoms with Crippen LogP contribution in [0.25, 0.3) is 0 Å². The fraction of sp³-hybridized carbons (Fsp3) is 0.350. The van der Waals surface area contributed by atoms with Crippen LogP contribution in [0.2, 0.25) is 0 Å². The van der Waals surface area contributed by atoms with Crippen LogP contribution >= 0.6 is 0 Å². The Kier molecular flexibility index (Phi) is 6.67. The van der Waals surface area contributed by atoms with Crippen LogP contribution in [-0.4, -0.2) is 11.9 Å². The third kappa shape index (κ3) is 5.78. The maximum absolute atomic E-state index is 12.3. The van der Waals surface area contributed by atoms with Gasteiger partial charge in [0.1, 0.15) is 0 Å². The molecule has 0 spiro atoms. The van der Waals surface area contributed by atoms with Gasteiger partial charge in [-0.3, -0.25) is 4.79 Å². The predicted molar refractivity (Wildman–Crippen MR) is 96.2 cm³/mol. The average molecular weight is 310 g/mol. The number of hydrogen-bond donors (Lipinski definition) is 2. The van der Waals surface area contributed by atoms with Gasteiger partial charge in [-0.15, -0.1) is 0 Å². The highest BCUT2D eigenvalue weighted by atomic mass is 16.1. The van der Waals surface area contributed by atoms with Crippen molar-refractivity contribution in [2.45, 2.75) is 45.1 Å². The first kappa shape index (κ1) is 17.1. The fourth-order valence-electron chi connectivity index (χ4n) is 2.78. The van der Waals surface area contributed by atoms with Crippen LogP contribution in [0.15, 0.2) is 54.6 Å². The van der Waals surface area contributed by atoms with Gasteiger partial charge in [-0.2, -0.15) is 0 Å². The molecule has 1 atom stereocenters. The number of hydrogen-bond acceptors (Lipinski definition) is 2. The highest BCUT2D eigenvalue weighted by Crippen LogP contribution is 2.13. The number of carbonyl (C=O) groups excluding carboxylic acids is 1. The summed E-state index contributed by atoms with van der Waals surface area (Å²) in [5.74, 6) is 0.0997. The zero-order valence-corrected chi connectivity index (χ0v) is 13.8. The summed E-state index contributed by atoms with van der Waals surface area (Å²) < 4.78 is 0. The number of aryl methyl sites for hydroxylation is 1. The van der Waals surface area contributed by atoms with Crippen molar-refractivity contribution in [2.24, 2.45) is 0 Å². The molecule has 0 aliphatic carbocycles. The van der Waals surface area contributed by atoms with E-state index in [0.29, 0.717) is 12.8 Å². The minimum atomic E-state index is 0.0997. The van der Waals surface area contributed by atoms with E-state index in [1.54, 1.807) is 0 Å². The molecule has 2 aromatic rings. The molecular formula is C20H26N2O. The van der Waals surface area contributed by atoms with Gasteiger partial charge in [-0.05, 0) is 36.5 Å². The van der Waals surface area contributed by atoms with E-state index in [1.807, 2.05) is 42.5 Å². The second kappa shape index (κ2) is 8.99. The number of anilines is 1. The first-order chi connectivity index (χ1) is 11.2. The van der Waals surface area contributed by atoms with Crippen molar-refractivity contribution in [3.05, 3.63) is 65.7 Å². The van der Waals surface area contributed by atoms with Crippen molar-refractivity contribution in [1.29, 1.82) is 0 Å². The van der Waals surface area contributed by atoms with Crippen LogP contribution in [0.1, 0.15) is 37.3 Å². The molecule has 0 aliphatic heterocycles. The van der Waals surface area contributed by atoms with E-state index in [9.17, 15) is 4.79 Å². The fourth-order valence-corrected chi connectivity index (χ4v) is 2.78. The summed E-state index contributed by atoms with van der Waals surface area (Å²) in [6.45, 7) is 2.15. The van der Waals surface area contributed by atoms with E-state index in [4.69, 9.17) is 5.73 Å². The van der Waals surface area contributed by atoms with Gasteiger partial charge in [0.15, 0.2) is 0 Å². The van der Waals surface area contributed by atoms with Crippen LogP contribution < -0.4 is 11.1 Å². The molecule has 0 saturated carbocycles. The number of nitrogens with two attached hydrogens (primary N) is 1. The summed E-state index contributed by atoms with van der Waals surface area (Å²) in [6.07, 6.45) is 4.09. The van der Waals surface area contributed by atoms with Gasteiger partial charge < -0.3 is 11.1 Å². The van der Waals surface area contributed by atoms with Gasteiger partial charge in [0.05, 0.1) is 0 Å². The molecule has 2 aromatic carbocycles. The highest BCUT2D eigenvalue weighted by molar-refractivity contribution is 5.76. The number of amides is 1. The average Bonchev–Trinajstić information content (AvgIpc) is 2.55. The number of nitrogen functional groups attached to an aromatic ring is 1. The maximum Gasteiger partial charge on any atom is 0.220 e. The molecular weight excluding hydrogens is 284 g/mol. The van der Waals surface area contributed by atoms with Gasteiger partial charge in [0, 0.05) is 18.2 Å². The minimum absolute atomic E-state index is 0.0997. The molecule has 122 valence electrons. The van der Waals surface area contributed by atoms with Gasteiger partial charge >= 0.3 is 0 Å². The highest BCUT2D eigenvalue weighted by Gasteiger charge is 2.12. The maximum atomic E-state index is 12.3. The van der Waals surface area contributed by atoms with E-state index in [2.05, 4.69) is 24.4 Å². The molecule has 1 amide bonds. The lowest BCUT2D eigenvalue weighted by molar-refractivity contribution is -0.121. The van der Waals surface area contributed by atoms with Gasteiger partial charge in [-0.25, -0.2) is 0 Å². The van der Waals surface area contributed by atoms with E-state index in [0.717, 1.165) is 30.5 Å². The van der Waals surface area contributed by atoms with Crippen LogP contribution in [0.4, 0.5) is 5.69 Å². The lowest BCUT2D eigenvalue weighted by atomic mass is 10.0. The first-order valence-corrected chi connectivity index (χ1v) is 8.35. The summed E-state index contributed by atoms with van der Waals surface area (Å²) in [4.78, 5) is 12.3. The van der Waals surface area contributed by atoms with E-state index < -0.39 is 0 Å². The molecule has 0 fully saturated rings. The number of benzene rings is 2. The number of nitrogens with one attached hydrogen (secondary N) is 1. The zero-order chi connectivity index (χ0) is 16.5. The normalized spacial score (nSPS) is 11.9. The lowest BCUT2D eigenvalue weighted by Gasteiger charge is -2.18. The number of para-hydroxylation sites is 1. The van der Waals surface area contributed by atoms with Crippen LogP contribution in [0.5, 0.6) is 0 Å². The summed E-state index contributed by atoms with van der Waals surface area (Å²) in [6, 6.07) is 18.2. The van der Waals surface area contributed by atoms with Gasteiger partial charge in [0.25, 0.3) is 0 Å². The largest absolute Gasteiger partial charge is 0.399 e. The van der Waals surface area contributed by atoms with Crippen molar-refractivity contribution in [2.75, 3.05) is 5.73 Å². The second-order valence-electron chi connectivity index (χ2n) is 5.94. The summed E-state index contributed by atoms with van der Waals surface area (Å²) >= 11 is 0. The molecule has 3 heteroatoms. The molecule has 0 bridgehead atoms. The third-order valence-electron chi connectivity index (χ3n) is 4.00. The Morgan fingerprint density at radius 2 is 1.78 bits per heavy atom. The molecule has 0 aromatic heterocycles. The van der Waals surface area contributed by atoms with Crippen LogP contribution in [0, 0.1) is 0 Å². The summed E-state index contributed by atoms with van der Waals surface area (Å²) in [7, 11) is 0. The molecule has 2 rings (SSSR count). The van der Waals surface area contributed by atoms with Crippen molar-refractivity contribution in [3.8, 4) is 0 Å². The molecule has 3 nitrogen and oxygen atoms in total. The quantitative estimate of drug-likeness (QED) is 0.730. The zero-order valence-electron chi connectivity index (χ0n) is 13.8. The number of carbonyl (C=O) groups is 1. The standard InChI is InChI=1S/C20H26N2O/c1-2-8-18(15-16-9-4-3-5-10-16)22-20(23)14-13-17-11-6-7-12-19(17)21/h3-7,9-12,18H,2,8,13-15,21H2,1H3,(H,22,23). The van der Waals surface area contributed by atoms with E-state index in [1.165, 1.54) is 5.56 Å². The molecule has 3 N–H and O–H groups in total. The van der Waals surface area contributed by atoms with E-state index >= 15 is 0 Å². The molecule has 23 heavy (non-hydrogen) atoms. The first-order valence-electron chi connectivity index (χ1n) is 8.35. The SMILES string of the molecule is CCCC(Cc1ccccc1)NC(=O)CCc1ccccc1N. The Labute approximate surface area is 138 Å². The second-order valence-corrected chi connectivity index (χ2v) is 5.94. The predicted octanol–water partition coefficient (Wildman–Crippen LogP) is 3.73. The Morgan fingerprint density at radius 3 is 2.48 bits per heavy atom. The van der Waals surface area contributed by atoms with E-state index in [-0.39, 0.29) is 11.9 Å². The molecule has 0 radical (unpaired) electrons. The topological polar surface area (TPSA) is 55.1 Å². The smallest absolute Gasteiger partial charge is 0.220 e. The molecule has 0 heterocycles. The van der Waals surface area contributed by atoms with Gasteiger partial charge in [-0.1, -0.05) is 61.9 Å².